The van der Waals surface area contributed by atoms with Crippen LogP contribution in [0.3, 0.4) is 0 Å². The van der Waals surface area contributed by atoms with Crippen molar-refractivity contribution in [2.45, 2.75) is 38.1 Å². The minimum Gasteiger partial charge on any atom is -0.338 e. The fourth-order valence-corrected chi connectivity index (χ4v) is 5.24. The van der Waals surface area contributed by atoms with Gasteiger partial charge in [0.05, 0.1) is 17.4 Å². The van der Waals surface area contributed by atoms with Gasteiger partial charge in [-0.2, -0.15) is 0 Å². The van der Waals surface area contributed by atoms with Crippen LogP contribution in [0.1, 0.15) is 37.7 Å². The van der Waals surface area contributed by atoms with Crippen molar-refractivity contribution < 1.29 is 17.6 Å². The van der Waals surface area contributed by atoms with Crippen LogP contribution in [0.15, 0.2) is 24.3 Å². The molecule has 3 rings (SSSR count). The number of hydrogen-bond donors (Lipinski definition) is 0. The molecule has 0 spiro atoms. The lowest BCUT2D eigenvalue weighted by molar-refractivity contribution is -0.135. The van der Waals surface area contributed by atoms with Crippen LogP contribution in [-0.2, 0) is 14.6 Å². The highest BCUT2D eigenvalue weighted by Crippen LogP contribution is 2.44. The number of benzene rings is 1. The number of sulfone groups is 1. The number of hydrogen-bond acceptors (Lipinski definition) is 3. The van der Waals surface area contributed by atoms with Crippen molar-refractivity contribution in [3.63, 3.8) is 0 Å². The molecule has 1 aromatic carbocycles. The number of rotatable bonds is 5. The van der Waals surface area contributed by atoms with Gasteiger partial charge in [-0.15, -0.1) is 0 Å². The van der Waals surface area contributed by atoms with E-state index >= 15 is 0 Å². The van der Waals surface area contributed by atoms with Gasteiger partial charge < -0.3 is 4.90 Å². The maximum absolute atomic E-state index is 13.2. The molecule has 4 nitrogen and oxygen atoms in total. The zero-order valence-electron chi connectivity index (χ0n) is 13.2. The van der Waals surface area contributed by atoms with Crippen LogP contribution in [0, 0.1) is 11.7 Å². The smallest absolute Gasteiger partial charge is 0.230 e. The second-order valence-corrected chi connectivity index (χ2v) is 8.78. The molecule has 6 heteroatoms. The summed E-state index contributed by atoms with van der Waals surface area (Å²) in [5.41, 5.74) is 0.832. The van der Waals surface area contributed by atoms with E-state index in [4.69, 9.17) is 0 Å². The lowest BCUT2D eigenvalue weighted by Gasteiger charge is -2.31. The van der Waals surface area contributed by atoms with Gasteiger partial charge in [0.2, 0.25) is 5.91 Å². The average molecular weight is 339 g/mol. The van der Waals surface area contributed by atoms with Crippen molar-refractivity contribution in [3.8, 4) is 0 Å². The fourth-order valence-electron chi connectivity index (χ4n) is 3.51. The molecule has 1 saturated heterocycles. The number of carbonyl (C=O) groups is 1. The first-order chi connectivity index (χ1) is 10.9. The maximum atomic E-state index is 13.2. The minimum absolute atomic E-state index is 0.0105. The summed E-state index contributed by atoms with van der Waals surface area (Å²) in [6.45, 7) is 2.39. The SMILES string of the molecule is CCN(C(=O)C(c1ccc(F)cc1)C1CC1)C1CCS(=O)(=O)C1. The third-order valence-electron chi connectivity index (χ3n) is 4.86. The Bertz CT molecular complexity index is 682. The first-order valence-corrected chi connectivity index (χ1v) is 10.00. The molecule has 0 radical (unpaired) electrons. The Morgan fingerprint density at radius 2 is 1.91 bits per heavy atom. The molecule has 2 fully saturated rings. The molecule has 1 aliphatic heterocycles. The van der Waals surface area contributed by atoms with Gasteiger partial charge in [0.1, 0.15) is 5.82 Å². The van der Waals surface area contributed by atoms with Gasteiger partial charge in [0, 0.05) is 12.6 Å². The monoisotopic (exact) mass is 339 g/mol. The van der Waals surface area contributed by atoms with E-state index in [1.165, 1.54) is 12.1 Å². The topological polar surface area (TPSA) is 54.5 Å². The quantitative estimate of drug-likeness (QED) is 0.827. The van der Waals surface area contributed by atoms with E-state index in [0.29, 0.717) is 18.9 Å². The molecule has 0 bridgehead atoms. The summed E-state index contributed by atoms with van der Waals surface area (Å²) < 4.78 is 36.6. The first kappa shape index (κ1) is 16.4. The Morgan fingerprint density at radius 3 is 2.39 bits per heavy atom. The Hall–Kier alpha value is -1.43. The van der Waals surface area contributed by atoms with Crippen LogP contribution < -0.4 is 0 Å². The van der Waals surface area contributed by atoms with Crippen LogP contribution in [0.25, 0.3) is 0 Å². The lowest BCUT2D eigenvalue weighted by Crippen LogP contribution is -2.44. The highest BCUT2D eigenvalue weighted by molar-refractivity contribution is 7.91. The van der Waals surface area contributed by atoms with Gasteiger partial charge in [0.25, 0.3) is 0 Å². The molecule has 1 aliphatic carbocycles. The van der Waals surface area contributed by atoms with Crippen molar-refractivity contribution >= 4 is 15.7 Å². The predicted octanol–water partition coefficient (Wildman–Crippen LogP) is 2.35. The van der Waals surface area contributed by atoms with E-state index in [2.05, 4.69) is 0 Å². The van der Waals surface area contributed by atoms with E-state index in [1.54, 1.807) is 17.0 Å². The third kappa shape index (κ3) is 3.57. The fraction of sp³-hybridized carbons (Fsp3) is 0.588. The van der Waals surface area contributed by atoms with Crippen LogP contribution in [0.2, 0.25) is 0 Å². The van der Waals surface area contributed by atoms with Gasteiger partial charge in [-0.1, -0.05) is 12.1 Å². The summed E-state index contributed by atoms with van der Waals surface area (Å²) in [7, 11) is -3.03. The molecule has 1 aromatic rings. The largest absolute Gasteiger partial charge is 0.338 e. The van der Waals surface area contributed by atoms with Crippen LogP contribution in [0.5, 0.6) is 0 Å². The second-order valence-electron chi connectivity index (χ2n) is 6.55. The zero-order chi connectivity index (χ0) is 16.6. The standard InChI is InChI=1S/C17H22FNO3S/c1-2-19(15-9-10-23(21,22)11-15)17(20)16(12-3-4-12)13-5-7-14(18)8-6-13/h5-8,12,15-16H,2-4,9-11H2,1H3. The summed E-state index contributed by atoms with van der Waals surface area (Å²) in [5, 5.41) is 0. The first-order valence-electron chi connectivity index (χ1n) is 8.17. The van der Waals surface area contributed by atoms with E-state index in [-0.39, 0.29) is 35.2 Å². The van der Waals surface area contributed by atoms with Crippen LogP contribution >= 0.6 is 0 Å². The molecule has 2 aliphatic rings. The molecule has 1 heterocycles. The molecule has 1 amide bonds. The molecule has 0 N–H and O–H groups in total. The van der Waals surface area contributed by atoms with Crippen molar-refractivity contribution in [2.24, 2.45) is 5.92 Å². The highest BCUT2D eigenvalue weighted by atomic mass is 32.2. The van der Waals surface area contributed by atoms with Gasteiger partial charge >= 0.3 is 0 Å². The van der Waals surface area contributed by atoms with Crippen LogP contribution in [-0.4, -0.2) is 43.3 Å². The Balaban J connectivity index is 1.84. The number of halogens is 1. The lowest BCUT2D eigenvalue weighted by atomic mass is 9.92. The van der Waals surface area contributed by atoms with Gasteiger partial charge in [-0.05, 0) is 49.8 Å². The summed E-state index contributed by atoms with van der Waals surface area (Å²) in [5.74, 6) is -0.0907. The summed E-state index contributed by atoms with van der Waals surface area (Å²) in [6, 6.07) is 5.90. The highest BCUT2D eigenvalue weighted by Gasteiger charge is 2.42. The molecular weight excluding hydrogens is 317 g/mol. The molecule has 1 saturated carbocycles. The Kier molecular flexibility index (Phi) is 4.45. The van der Waals surface area contributed by atoms with Crippen LogP contribution in [0.4, 0.5) is 4.39 Å². The molecule has 2 atom stereocenters. The number of nitrogens with zero attached hydrogens (tertiary/aromatic N) is 1. The van der Waals surface area contributed by atoms with Crippen molar-refractivity contribution in [3.05, 3.63) is 35.6 Å². The van der Waals surface area contributed by atoms with Gasteiger partial charge in [0.15, 0.2) is 9.84 Å². The molecular formula is C17H22FNO3S. The van der Waals surface area contributed by atoms with Gasteiger partial charge in [-0.25, -0.2) is 12.8 Å². The van der Waals surface area contributed by atoms with Crippen molar-refractivity contribution in [1.82, 2.24) is 4.90 Å². The number of likely N-dealkylation sites (N-methyl/N-ethyl adjacent to an activating group) is 1. The predicted molar refractivity (Wildman–Crippen MR) is 86.3 cm³/mol. The minimum atomic E-state index is -3.03. The van der Waals surface area contributed by atoms with E-state index in [0.717, 1.165) is 18.4 Å². The normalized spacial score (nSPS) is 24.3. The van der Waals surface area contributed by atoms with Gasteiger partial charge in [-0.3, -0.25) is 4.79 Å². The Morgan fingerprint density at radius 1 is 1.26 bits per heavy atom. The molecule has 23 heavy (non-hydrogen) atoms. The zero-order valence-corrected chi connectivity index (χ0v) is 14.1. The summed E-state index contributed by atoms with van der Waals surface area (Å²) in [6.07, 6.45) is 2.51. The number of carbonyl (C=O) groups excluding carboxylic acids is 1. The van der Waals surface area contributed by atoms with Crippen molar-refractivity contribution in [2.75, 3.05) is 18.1 Å². The van der Waals surface area contributed by atoms with E-state index in [1.807, 2.05) is 6.92 Å². The van der Waals surface area contributed by atoms with Crippen molar-refractivity contribution in [1.29, 1.82) is 0 Å². The molecule has 126 valence electrons. The van der Waals surface area contributed by atoms with E-state index < -0.39 is 9.84 Å². The average Bonchev–Trinajstić information content (AvgIpc) is 3.26. The maximum Gasteiger partial charge on any atom is 0.230 e. The molecule has 0 aromatic heterocycles. The summed E-state index contributed by atoms with van der Waals surface area (Å²) in [4.78, 5) is 14.8. The van der Waals surface area contributed by atoms with E-state index in [9.17, 15) is 17.6 Å². The molecule has 2 unspecified atom stereocenters. The third-order valence-corrected chi connectivity index (χ3v) is 6.61. The Labute approximate surface area is 136 Å². The summed E-state index contributed by atoms with van der Waals surface area (Å²) >= 11 is 0. The second kappa shape index (κ2) is 6.23. The number of amides is 1.